The largest absolute Gasteiger partial charge is 0.497 e. The first-order chi connectivity index (χ1) is 8.79. The fraction of sp³-hybridized carbons (Fsp3) is 0.600. The summed E-state index contributed by atoms with van der Waals surface area (Å²) in [7, 11) is 1.72. The number of benzene rings is 1. The van der Waals surface area contributed by atoms with Gasteiger partial charge in [-0.15, -0.1) is 0 Å². The molecule has 1 saturated heterocycles. The highest BCUT2D eigenvalue weighted by Crippen LogP contribution is 2.34. The van der Waals surface area contributed by atoms with Gasteiger partial charge in [0.2, 0.25) is 0 Å². The molecule has 1 fully saturated rings. The Balaban J connectivity index is 1.84. The van der Waals surface area contributed by atoms with Gasteiger partial charge in [-0.25, -0.2) is 0 Å². The summed E-state index contributed by atoms with van der Waals surface area (Å²) >= 11 is 0. The van der Waals surface area contributed by atoms with Gasteiger partial charge >= 0.3 is 0 Å². The number of ether oxygens (including phenoxy) is 1. The van der Waals surface area contributed by atoms with E-state index in [0.717, 1.165) is 12.2 Å². The number of nitrogens with two attached hydrogens (primary N) is 1. The summed E-state index contributed by atoms with van der Waals surface area (Å²) in [6.45, 7) is 2.45. The quantitative estimate of drug-likeness (QED) is 0.868. The van der Waals surface area contributed by atoms with Crippen LogP contribution in [0.2, 0.25) is 0 Å². The van der Waals surface area contributed by atoms with Crippen LogP contribution >= 0.6 is 0 Å². The van der Waals surface area contributed by atoms with Gasteiger partial charge < -0.3 is 10.5 Å². The minimum absolute atomic E-state index is 0.165. The zero-order valence-corrected chi connectivity index (χ0v) is 11.1. The third-order valence-corrected chi connectivity index (χ3v) is 4.44. The molecule has 0 amide bonds. The number of hydrogen-bond acceptors (Lipinski definition) is 3. The maximum Gasteiger partial charge on any atom is 0.119 e. The van der Waals surface area contributed by atoms with Crippen molar-refractivity contribution in [3.8, 4) is 5.75 Å². The van der Waals surface area contributed by atoms with Crippen LogP contribution < -0.4 is 10.5 Å². The van der Waals surface area contributed by atoms with Gasteiger partial charge in [-0.05, 0) is 62.0 Å². The average Bonchev–Trinajstić information content (AvgIpc) is 2.92. The van der Waals surface area contributed by atoms with Gasteiger partial charge in [0.15, 0.2) is 0 Å². The SMILES string of the molecule is COc1ccc2c(c1)CCC(N1CCCC1)C2N. The van der Waals surface area contributed by atoms with Gasteiger partial charge in [0.1, 0.15) is 5.75 Å². The van der Waals surface area contributed by atoms with Crippen molar-refractivity contribution >= 4 is 0 Å². The predicted molar refractivity (Wildman–Crippen MR) is 72.8 cm³/mol. The number of hydrogen-bond donors (Lipinski definition) is 1. The fourth-order valence-electron chi connectivity index (χ4n) is 3.42. The number of fused-ring (bicyclic) bond motifs is 1. The average molecular weight is 246 g/mol. The maximum absolute atomic E-state index is 6.48. The van der Waals surface area contributed by atoms with E-state index in [4.69, 9.17) is 10.5 Å². The lowest BCUT2D eigenvalue weighted by atomic mass is 9.83. The van der Waals surface area contributed by atoms with E-state index in [-0.39, 0.29) is 6.04 Å². The third kappa shape index (κ3) is 2.02. The molecule has 0 radical (unpaired) electrons. The summed E-state index contributed by atoms with van der Waals surface area (Å²) < 4.78 is 5.29. The summed E-state index contributed by atoms with van der Waals surface area (Å²) in [6, 6.07) is 7.03. The normalized spacial score (nSPS) is 28.1. The molecular formula is C15H22N2O. The van der Waals surface area contributed by atoms with E-state index in [0.29, 0.717) is 6.04 Å². The van der Waals surface area contributed by atoms with Gasteiger partial charge in [-0.3, -0.25) is 4.90 Å². The fourth-order valence-corrected chi connectivity index (χ4v) is 3.42. The molecular weight excluding hydrogens is 224 g/mol. The first kappa shape index (κ1) is 12.0. The van der Waals surface area contributed by atoms with Gasteiger partial charge in [-0.1, -0.05) is 6.07 Å². The van der Waals surface area contributed by atoms with Crippen LogP contribution in [-0.4, -0.2) is 31.1 Å². The van der Waals surface area contributed by atoms with E-state index in [9.17, 15) is 0 Å². The van der Waals surface area contributed by atoms with Crippen molar-refractivity contribution < 1.29 is 4.74 Å². The van der Waals surface area contributed by atoms with Gasteiger partial charge in [0, 0.05) is 12.1 Å². The molecule has 0 saturated carbocycles. The molecule has 2 unspecified atom stereocenters. The Labute approximate surface area is 109 Å². The number of methoxy groups -OCH3 is 1. The van der Waals surface area contributed by atoms with E-state index in [1.807, 2.05) is 6.07 Å². The van der Waals surface area contributed by atoms with Crippen molar-refractivity contribution in [3.05, 3.63) is 29.3 Å². The van der Waals surface area contributed by atoms with Gasteiger partial charge in [0.25, 0.3) is 0 Å². The molecule has 1 aliphatic carbocycles. The molecule has 2 atom stereocenters. The molecule has 1 aromatic carbocycles. The van der Waals surface area contributed by atoms with Crippen LogP contribution in [0.4, 0.5) is 0 Å². The first-order valence-corrected chi connectivity index (χ1v) is 6.96. The maximum atomic E-state index is 6.48. The topological polar surface area (TPSA) is 38.5 Å². The predicted octanol–water partition coefficient (Wildman–Crippen LogP) is 2.11. The van der Waals surface area contributed by atoms with Crippen LogP contribution in [0.3, 0.4) is 0 Å². The zero-order valence-electron chi connectivity index (χ0n) is 11.1. The Morgan fingerprint density at radius 3 is 2.78 bits per heavy atom. The van der Waals surface area contributed by atoms with Crippen LogP contribution in [0, 0.1) is 0 Å². The lowest BCUT2D eigenvalue weighted by Crippen LogP contribution is -2.44. The van der Waals surface area contributed by atoms with E-state index in [1.165, 1.54) is 43.5 Å². The number of rotatable bonds is 2. The molecule has 98 valence electrons. The van der Waals surface area contributed by atoms with Crippen LogP contribution in [0.25, 0.3) is 0 Å². The number of likely N-dealkylation sites (tertiary alicyclic amines) is 1. The van der Waals surface area contributed by atoms with Crippen LogP contribution in [0.1, 0.15) is 36.4 Å². The lowest BCUT2D eigenvalue weighted by molar-refractivity contribution is 0.191. The molecule has 0 spiro atoms. The Bertz CT molecular complexity index is 427. The third-order valence-electron chi connectivity index (χ3n) is 4.44. The summed E-state index contributed by atoms with van der Waals surface area (Å²) in [4.78, 5) is 2.58. The molecule has 18 heavy (non-hydrogen) atoms. The second-order valence-electron chi connectivity index (χ2n) is 5.44. The molecule has 1 aromatic rings. The Morgan fingerprint density at radius 2 is 2.06 bits per heavy atom. The summed E-state index contributed by atoms with van der Waals surface area (Å²) in [5, 5.41) is 0. The van der Waals surface area contributed by atoms with E-state index in [1.54, 1.807) is 7.11 Å². The number of nitrogens with zero attached hydrogens (tertiary/aromatic N) is 1. The Kier molecular flexibility index (Phi) is 3.27. The molecule has 2 N–H and O–H groups in total. The first-order valence-electron chi connectivity index (χ1n) is 6.96. The molecule has 3 rings (SSSR count). The van der Waals surface area contributed by atoms with Crippen molar-refractivity contribution in [2.45, 2.75) is 37.8 Å². The molecule has 0 bridgehead atoms. The van der Waals surface area contributed by atoms with Crippen LogP contribution in [0.5, 0.6) is 5.75 Å². The highest BCUT2D eigenvalue weighted by molar-refractivity contribution is 5.40. The summed E-state index contributed by atoms with van der Waals surface area (Å²) in [5.41, 5.74) is 9.17. The monoisotopic (exact) mass is 246 g/mol. The zero-order chi connectivity index (χ0) is 12.5. The molecule has 1 heterocycles. The minimum Gasteiger partial charge on any atom is -0.497 e. The van der Waals surface area contributed by atoms with E-state index < -0.39 is 0 Å². The van der Waals surface area contributed by atoms with Crippen molar-refractivity contribution in [2.75, 3.05) is 20.2 Å². The van der Waals surface area contributed by atoms with Crippen molar-refractivity contribution in [2.24, 2.45) is 5.73 Å². The molecule has 3 nitrogen and oxygen atoms in total. The smallest absolute Gasteiger partial charge is 0.119 e. The summed E-state index contributed by atoms with van der Waals surface area (Å²) in [6.07, 6.45) is 4.97. The van der Waals surface area contributed by atoms with Crippen molar-refractivity contribution in [3.63, 3.8) is 0 Å². The van der Waals surface area contributed by atoms with Crippen molar-refractivity contribution in [1.29, 1.82) is 0 Å². The van der Waals surface area contributed by atoms with Crippen LogP contribution in [-0.2, 0) is 6.42 Å². The van der Waals surface area contributed by atoms with E-state index >= 15 is 0 Å². The highest BCUT2D eigenvalue weighted by Gasteiger charge is 2.32. The second kappa shape index (κ2) is 4.90. The Morgan fingerprint density at radius 1 is 1.28 bits per heavy atom. The molecule has 0 aromatic heterocycles. The van der Waals surface area contributed by atoms with E-state index in [2.05, 4.69) is 17.0 Å². The molecule has 2 aliphatic rings. The lowest BCUT2D eigenvalue weighted by Gasteiger charge is -2.37. The highest BCUT2D eigenvalue weighted by atomic mass is 16.5. The molecule has 1 aliphatic heterocycles. The minimum atomic E-state index is 0.165. The standard InChI is InChI=1S/C15H22N2O/c1-18-12-5-6-13-11(10-12)4-7-14(15(13)16)17-8-2-3-9-17/h5-6,10,14-15H,2-4,7-9,16H2,1H3. The molecule has 3 heteroatoms. The summed E-state index contributed by atoms with van der Waals surface area (Å²) in [5.74, 6) is 0.945. The van der Waals surface area contributed by atoms with Gasteiger partial charge in [-0.2, -0.15) is 0 Å². The Hall–Kier alpha value is -1.06. The van der Waals surface area contributed by atoms with Crippen molar-refractivity contribution in [1.82, 2.24) is 4.90 Å². The van der Waals surface area contributed by atoms with Crippen LogP contribution in [0.15, 0.2) is 18.2 Å². The number of aryl methyl sites for hydroxylation is 1. The second-order valence-corrected chi connectivity index (χ2v) is 5.44. The van der Waals surface area contributed by atoms with Gasteiger partial charge in [0.05, 0.1) is 7.11 Å².